The van der Waals surface area contributed by atoms with Crippen molar-refractivity contribution in [3.05, 3.63) is 35.4 Å². The van der Waals surface area contributed by atoms with Crippen molar-refractivity contribution in [1.82, 2.24) is 5.32 Å². The standard InChI is InChI=1S/C13H21N3/c1-10(2)16-13(9-15)7-11-3-5-12(8-14)6-4-11/h3-6,9-10,13,15-16H,7-8,14H2,1-2H3. The van der Waals surface area contributed by atoms with Gasteiger partial charge in [-0.25, -0.2) is 0 Å². The molecule has 3 heteroatoms. The fourth-order valence-electron chi connectivity index (χ4n) is 1.66. The second-order valence-electron chi connectivity index (χ2n) is 4.32. The zero-order valence-electron chi connectivity index (χ0n) is 10.0. The molecule has 16 heavy (non-hydrogen) atoms. The van der Waals surface area contributed by atoms with Gasteiger partial charge in [-0.15, -0.1) is 0 Å². The van der Waals surface area contributed by atoms with Gasteiger partial charge in [0.25, 0.3) is 0 Å². The van der Waals surface area contributed by atoms with Gasteiger partial charge in [0.05, 0.1) is 0 Å². The molecule has 0 aliphatic rings. The molecule has 1 unspecified atom stereocenters. The van der Waals surface area contributed by atoms with Crippen LogP contribution in [-0.4, -0.2) is 18.3 Å². The van der Waals surface area contributed by atoms with Crippen LogP contribution in [0.3, 0.4) is 0 Å². The Morgan fingerprint density at radius 1 is 1.25 bits per heavy atom. The molecule has 88 valence electrons. The van der Waals surface area contributed by atoms with Crippen LogP contribution in [0, 0.1) is 5.41 Å². The maximum absolute atomic E-state index is 7.37. The first kappa shape index (κ1) is 12.9. The molecule has 0 aliphatic heterocycles. The van der Waals surface area contributed by atoms with Crippen molar-refractivity contribution in [2.45, 2.75) is 38.9 Å². The van der Waals surface area contributed by atoms with Gasteiger partial charge in [0.2, 0.25) is 0 Å². The summed E-state index contributed by atoms with van der Waals surface area (Å²) in [6, 6.07) is 8.78. The van der Waals surface area contributed by atoms with Crippen molar-refractivity contribution in [3.8, 4) is 0 Å². The Kier molecular flexibility index (Phi) is 5.15. The van der Waals surface area contributed by atoms with Gasteiger partial charge in [-0.1, -0.05) is 38.1 Å². The highest BCUT2D eigenvalue weighted by Crippen LogP contribution is 2.06. The molecule has 0 radical (unpaired) electrons. The average molecular weight is 219 g/mol. The van der Waals surface area contributed by atoms with E-state index in [1.54, 1.807) is 0 Å². The Bertz CT molecular complexity index is 316. The van der Waals surface area contributed by atoms with Gasteiger partial charge in [0, 0.05) is 24.8 Å². The van der Waals surface area contributed by atoms with E-state index in [4.69, 9.17) is 11.1 Å². The van der Waals surface area contributed by atoms with E-state index in [0.29, 0.717) is 12.6 Å². The lowest BCUT2D eigenvalue weighted by molar-refractivity contribution is 0.544. The van der Waals surface area contributed by atoms with E-state index in [1.807, 2.05) is 12.1 Å². The second-order valence-corrected chi connectivity index (χ2v) is 4.32. The summed E-state index contributed by atoms with van der Waals surface area (Å²) in [5.74, 6) is 0. The number of nitrogens with two attached hydrogens (primary N) is 1. The molecule has 1 rings (SSSR count). The van der Waals surface area contributed by atoms with Crippen LogP contribution >= 0.6 is 0 Å². The van der Waals surface area contributed by atoms with Gasteiger partial charge in [-0.05, 0) is 17.5 Å². The zero-order chi connectivity index (χ0) is 12.0. The van der Waals surface area contributed by atoms with Crippen molar-refractivity contribution in [1.29, 1.82) is 5.41 Å². The molecular formula is C13H21N3. The largest absolute Gasteiger partial charge is 0.326 e. The molecule has 0 aromatic heterocycles. The topological polar surface area (TPSA) is 61.9 Å². The summed E-state index contributed by atoms with van der Waals surface area (Å²) in [5, 5.41) is 10.7. The number of benzene rings is 1. The maximum atomic E-state index is 7.37. The van der Waals surface area contributed by atoms with Crippen molar-refractivity contribution in [2.24, 2.45) is 5.73 Å². The number of rotatable bonds is 6. The van der Waals surface area contributed by atoms with Gasteiger partial charge in [0.15, 0.2) is 0 Å². The quantitative estimate of drug-likeness (QED) is 0.638. The molecular weight excluding hydrogens is 198 g/mol. The van der Waals surface area contributed by atoms with Gasteiger partial charge in [-0.2, -0.15) is 0 Å². The third-order valence-corrected chi connectivity index (χ3v) is 2.46. The van der Waals surface area contributed by atoms with Crippen molar-refractivity contribution >= 4 is 6.21 Å². The summed E-state index contributed by atoms with van der Waals surface area (Å²) in [7, 11) is 0. The zero-order valence-corrected chi connectivity index (χ0v) is 10.0. The van der Waals surface area contributed by atoms with E-state index < -0.39 is 0 Å². The molecule has 4 N–H and O–H groups in total. The highest BCUT2D eigenvalue weighted by Gasteiger charge is 2.07. The summed E-state index contributed by atoms with van der Waals surface area (Å²) >= 11 is 0. The molecule has 0 saturated heterocycles. The molecule has 0 fully saturated rings. The van der Waals surface area contributed by atoms with Gasteiger partial charge in [-0.3, -0.25) is 0 Å². The fraction of sp³-hybridized carbons (Fsp3) is 0.462. The molecule has 0 spiro atoms. The van der Waals surface area contributed by atoms with E-state index >= 15 is 0 Å². The van der Waals surface area contributed by atoms with Crippen LogP contribution in [0.5, 0.6) is 0 Å². The lowest BCUT2D eigenvalue weighted by Gasteiger charge is -2.17. The van der Waals surface area contributed by atoms with Crippen molar-refractivity contribution < 1.29 is 0 Å². The smallest absolute Gasteiger partial charge is 0.0460 e. The summed E-state index contributed by atoms with van der Waals surface area (Å²) in [5.41, 5.74) is 7.93. The van der Waals surface area contributed by atoms with E-state index in [2.05, 4.69) is 31.3 Å². The molecule has 1 aromatic rings. The summed E-state index contributed by atoms with van der Waals surface area (Å²) in [6.07, 6.45) is 2.32. The first-order valence-corrected chi connectivity index (χ1v) is 5.70. The lowest BCUT2D eigenvalue weighted by Crippen LogP contribution is -2.37. The van der Waals surface area contributed by atoms with Gasteiger partial charge in [0.1, 0.15) is 0 Å². The predicted molar refractivity (Wildman–Crippen MR) is 68.9 cm³/mol. The molecule has 0 saturated carbocycles. The molecule has 3 nitrogen and oxygen atoms in total. The van der Waals surface area contributed by atoms with Crippen LogP contribution in [0.1, 0.15) is 25.0 Å². The van der Waals surface area contributed by atoms with Crippen molar-refractivity contribution in [2.75, 3.05) is 0 Å². The third kappa shape index (κ3) is 4.13. The average Bonchev–Trinajstić information content (AvgIpc) is 2.28. The molecule has 0 heterocycles. The molecule has 1 atom stereocenters. The highest BCUT2D eigenvalue weighted by molar-refractivity contribution is 5.61. The molecule has 0 aliphatic carbocycles. The minimum Gasteiger partial charge on any atom is -0.326 e. The third-order valence-electron chi connectivity index (χ3n) is 2.46. The SMILES string of the molecule is CC(C)NC(C=N)Cc1ccc(CN)cc1. The van der Waals surface area contributed by atoms with Crippen LogP contribution < -0.4 is 11.1 Å². The van der Waals surface area contributed by atoms with Gasteiger partial charge < -0.3 is 16.5 Å². The van der Waals surface area contributed by atoms with Crippen LogP contribution in [-0.2, 0) is 13.0 Å². The Morgan fingerprint density at radius 3 is 2.25 bits per heavy atom. The first-order chi connectivity index (χ1) is 7.65. The minimum atomic E-state index is 0.115. The van der Waals surface area contributed by atoms with Crippen molar-refractivity contribution in [3.63, 3.8) is 0 Å². The monoisotopic (exact) mass is 219 g/mol. The van der Waals surface area contributed by atoms with E-state index in [-0.39, 0.29) is 6.04 Å². The summed E-state index contributed by atoms with van der Waals surface area (Å²) in [6.45, 7) is 4.76. The molecule has 1 aromatic carbocycles. The Morgan fingerprint density at radius 2 is 1.81 bits per heavy atom. The number of hydrogen-bond donors (Lipinski definition) is 3. The Hall–Kier alpha value is -1.19. The maximum Gasteiger partial charge on any atom is 0.0460 e. The Labute approximate surface area is 97.6 Å². The Balaban J connectivity index is 2.59. The lowest BCUT2D eigenvalue weighted by atomic mass is 10.0. The molecule has 0 bridgehead atoms. The van der Waals surface area contributed by atoms with E-state index in [0.717, 1.165) is 12.0 Å². The molecule has 0 amide bonds. The van der Waals surface area contributed by atoms with Gasteiger partial charge >= 0.3 is 0 Å². The summed E-state index contributed by atoms with van der Waals surface area (Å²) < 4.78 is 0. The minimum absolute atomic E-state index is 0.115. The number of nitrogens with one attached hydrogen (secondary N) is 2. The number of hydrogen-bond acceptors (Lipinski definition) is 3. The van der Waals surface area contributed by atoms with Crippen LogP contribution in [0.25, 0.3) is 0 Å². The van der Waals surface area contributed by atoms with E-state index in [9.17, 15) is 0 Å². The highest BCUT2D eigenvalue weighted by atomic mass is 14.9. The summed E-state index contributed by atoms with van der Waals surface area (Å²) in [4.78, 5) is 0. The van der Waals surface area contributed by atoms with Crippen LogP contribution in [0.2, 0.25) is 0 Å². The fourth-order valence-corrected chi connectivity index (χ4v) is 1.66. The first-order valence-electron chi connectivity index (χ1n) is 5.70. The second kappa shape index (κ2) is 6.40. The predicted octanol–water partition coefficient (Wildman–Crippen LogP) is 1.70. The van der Waals surface area contributed by atoms with E-state index in [1.165, 1.54) is 11.8 Å². The van der Waals surface area contributed by atoms with Crippen LogP contribution in [0.4, 0.5) is 0 Å². The normalized spacial score (nSPS) is 12.8. The van der Waals surface area contributed by atoms with Crippen LogP contribution in [0.15, 0.2) is 24.3 Å².